The Morgan fingerprint density at radius 2 is 2.38 bits per heavy atom. The van der Waals surface area contributed by atoms with Gasteiger partial charge in [-0.25, -0.2) is 0 Å². The molecule has 0 aliphatic carbocycles. The molecule has 0 spiro atoms. The molecule has 2 rings (SSSR count). The van der Waals surface area contributed by atoms with Crippen LogP contribution in [0.5, 0.6) is 0 Å². The van der Waals surface area contributed by atoms with Crippen molar-refractivity contribution in [3.05, 3.63) is 21.9 Å². The van der Waals surface area contributed by atoms with Crippen LogP contribution in [0.3, 0.4) is 0 Å². The predicted octanol–water partition coefficient (Wildman–Crippen LogP) is 2.80. The van der Waals surface area contributed by atoms with Crippen molar-refractivity contribution in [2.24, 2.45) is 0 Å². The Labute approximate surface area is 102 Å². The van der Waals surface area contributed by atoms with Gasteiger partial charge in [0.1, 0.15) is 0 Å². The SMILES string of the molecule is Cc1ccsc1C(C)(O)CC1CCCCN1. The summed E-state index contributed by atoms with van der Waals surface area (Å²) in [5, 5.41) is 16.1. The molecule has 0 aromatic carbocycles. The number of piperidine rings is 1. The van der Waals surface area contributed by atoms with Crippen molar-refractivity contribution in [2.45, 2.75) is 51.2 Å². The lowest BCUT2D eigenvalue weighted by Gasteiger charge is -2.31. The molecule has 1 saturated heterocycles. The lowest BCUT2D eigenvalue weighted by atomic mass is 9.89. The summed E-state index contributed by atoms with van der Waals surface area (Å²) in [5.41, 5.74) is 0.540. The number of aliphatic hydroxyl groups is 1. The van der Waals surface area contributed by atoms with Gasteiger partial charge in [0.05, 0.1) is 5.60 Å². The van der Waals surface area contributed by atoms with E-state index in [4.69, 9.17) is 0 Å². The number of rotatable bonds is 3. The molecule has 3 heteroatoms. The van der Waals surface area contributed by atoms with Gasteiger partial charge in [-0.3, -0.25) is 0 Å². The Hall–Kier alpha value is -0.380. The number of aryl methyl sites for hydroxylation is 1. The number of thiophene rings is 1. The monoisotopic (exact) mass is 239 g/mol. The van der Waals surface area contributed by atoms with E-state index in [1.54, 1.807) is 11.3 Å². The molecule has 1 aliphatic rings. The summed E-state index contributed by atoms with van der Waals surface area (Å²) in [6.45, 7) is 5.13. The molecular formula is C13H21NOS. The molecule has 2 N–H and O–H groups in total. The summed E-state index contributed by atoms with van der Waals surface area (Å²) in [6, 6.07) is 2.56. The summed E-state index contributed by atoms with van der Waals surface area (Å²) in [5.74, 6) is 0. The average Bonchev–Trinajstić information content (AvgIpc) is 2.66. The van der Waals surface area contributed by atoms with Crippen LogP contribution in [-0.2, 0) is 5.60 Å². The van der Waals surface area contributed by atoms with Crippen molar-refractivity contribution in [3.63, 3.8) is 0 Å². The first-order valence-electron chi connectivity index (χ1n) is 6.10. The first-order valence-corrected chi connectivity index (χ1v) is 6.98. The molecule has 2 atom stereocenters. The maximum atomic E-state index is 10.6. The zero-order valence-corrected chi connectivity index (χ0v) is 10.9. The van der Waals surface area contributed by atoms with E-state index in [0.717, 1.165) is 17.8 Å². The van der Waals surface area contributed by atoms with Crippen LogP contribution >= 0.6 is 11.3 Å². The minimum atomic E-state index is -0.673. The van der Waals surface area contributed by atoms with Crippen molar-refractivity contribution in [1.82, 2.24) is 5.32 Å². The quantitative estimate of drug-likeness (QED) is 0.850. The fourth-order valence-corrected chi connectivity index (χ4v) is 3.59. The molecule has 90 valence electrons. The molecule has 2 nitrogen and oxygen atoms in total. The maximum absolute atomic E-state index is 10.6. The lowest BCUT2D eigenvalue weighted by molar-refractivity contribution is 0.0362. The van der Waals surface area contributed by atoms with E-state index in [1.807, 2.05) is 6.92 Å². The third-order valence-corrected chi connectivity index (χ3v) is 4.68. The Kier molecular flexibility index (Phi) is 3.67. The first kappa shape index (κ1) is 12.1. The van der Waals surface area contributed by atoms with E-state index >= 15 is 0 Å². The van der Waals surface area contributed by atoms with E-state index in [-0.39, 0.29) is 0 Å². The Bertz CT molecular complexity index is 339. The molecule has 0 bridgehead atoms. The molecule has 0 amide bonds. The average molecular weight is 239 g/mol. The fourth-order valence-electron chi connectivity index (χ4n) is 2.60. The van der Waals surface area contributed by atoms with Crippen LogP contribution in [0.15, 0.2) is 11.4 Å². The molecule has 2 unspecified atom stereocenters. The minimum absolute atomic E-state index is 0.477. The van der Waals surface area contributed by atoms with Gasteiger partial charge in [-0.05, 0) is 56.7 Å². The zero-order valence-electron chi connectivity index (χ0n) is 10.1. The van der Waals surface area contributed by atoms with Gasteiger partial charge in [0, 0.05) is 10.9 Å². The third kappa shape index (κ3) is 2.65. The molecule has 1 aromatic heterocycles. The molecule has 16 heavy (non-hydrogen) atoms. The molecule has 1 aliphatic heterocycles. The Balaban J connectivity index is 2.04. The van der Waals surface area contributed by atoms with E-state index in [9.17, 15) is 5.11 Å². The smallest absolute Gasteiger partial charge is 0.0977 e. The largest absolute Gasteiger partial charge is 0.385 e. The van der Waals surface area contributed by atoms with E-state index in [2.05, 4.69) is 23.7 Å². The normalized spacial score (nSPS) is 25.3. The highest BCUT2D eigenvalue weighted by molar-refractivity contribution is 7.10. The predicted molar refractivity (Wildman–Crippen MR) is 68.9 cm³/mol. The highest BCUT2D eigenvalue weighted by Gasteiger charge is 2.30. The number of hydrogen-bond donors (Lipinski definition) is 2. The van der Waals surface area contributed by atoms with E-state index in [0.29, 0.717) is 6.04 Å². The van der Waals surface area contributed by atoms with Gasteiger partial charge >= 0.3 is 0 Å². The van der Waals surface area contributed by atoms with Gasteiger partial charge in [0.25, 0.3) is 0 Å². The van der Waals surface area contributed by atoms with Crippen molar-refractivity contribution in [1.29, 1.82) is 0 Å². The summed E-state index contributed by atoms with van der Waals surface area (Å²) >= 11 is 1.67. The topological polar surface area (TPSA) is 32.3 Å². The number of nitrogens with one attached hydrogen (secondary N) is 1. The van der Waals surface area contributed by atoms with Crippen LogP contribution in [-0.4, -0.2) is 17.7 Å². The second kappa shape index (κ2) is 4.86. The molecule has 0 saturated carbocycles. The van der Waals surface area contributed by atoms with Gasteiger partial charge in [0.2, 0.25) is 0 Å². The number of hydrogen-bond acceptors (Lipinski definition) is 3. The van der Waals surface area contributed by atoms with E-state index < -0.39 is 5.60 Å². The van der Waals surface area contributed by atoms with Crippen LogP contribution in [0.25, 0.3) is 0 Å². The van der Waals surface area contributed by atoms with Crippen molar-refractivity contribution in [3.8, 4) is 0 Å². The highest BCUT2D eigenvalue weighted by atomic mass is 32.1. The van der Waals surface area contributed by atoms with Gasteiger partial charge in [-0.1, -0.05) is 6.42 Å². The van der Waals surface area contributed by atoms with Crippen LogP contribution < -0.4 is 5.32 Å². The Morgan fingerprint density at radius 1 is 1.56 bits per heavy atom. The van der Waals surface area contributed by atoms with Gasteiger partial charge in [0.15, 0.2) is 0 Å². The van der Waals surface area contributed by atoms with Crippen LogP contribution in [0, 0.1) is 6.92 Å². The van der Waals surface area contributed by atoms with E-state index in [1.165, 1.54) is 24.8 Å². The lowest BCUT2D eigenvalue weighted by Crippen LogP contribution is -2.39. The van der Waals surface area contributed by atoms with Crippen molar-refractivity contribution in [2.75, 3.05) is 6.54 Å². The second-order valence-corrected chi connectivity index (χ2v) is 5.97. The summed E-state index contributed by atoms with van der Waals surface area (Å²) in [7, 11) is 0. The summed E-state index contributed by atoms with van der Waals surface area (Å²) < 4.78 is 0. The van der Waals surface area contributed by atoms with Crippen LogP contribution in [0.4, 0.5) is 0 Å². The highest BCUT2D eigenvalue weighted by Crippen LogP contribution is 2.33. The minimum Gasteiger partial charge on any atom is -0.385 e. The Morgan fingerprint density at radius 3 is 2.94 bits per heavy atom. The van der Waals surface area contributed by atoms with Crippen molar-refractivity contribution < 1.29 is 5.11 Å². The molecule has 1 aromatic rings. The van der Waals surface area contributed by atoms with Gasteiger partial charge in [-0.15, -0.1) is 11.3 Å². The van der Waals surface area contributed by atoms with Gasteiger partial charge < -0.3 is 10.4 Å². The molecule has 2 heterocycles. The van der Waals surface area contributed by atoms with Crippen LogP contribution in [0.2, 0.25) is 0 Å². The second-order valence-electron chi connectivity index (χ2n) is 5.06. The summed E-state index contributed by atoms with van der Waals surface area (Å²) in [6.07, 6.45) is 4.59. The first-order chi connectivity index (χ1) is 7.59. The standard InChI is InChI=1S/C13H21NOS/c1-10-6-8-16-12(10)13(2,15)9-11-5-3-4-7-14-11/h6,8,11,14-15H,3-5,7,9H2,1-2H3. The van der Waals surface area contributed by atoms with Crippen LogP contribution in [0.1, 0.15) is 43.0 Å². The third-order valence-electron chi connectivity index (χ3n) is 3.41. The van der Waals surface area contributed by atoms with Crippen molar-refractivity contribution >= 4 is 11.3 Å². The zero-order chi connectivity index (χ0) is 11.6. The van der Waals surface area contributed by atoms with Gasteiger partial charge in [-0.2, -0.15) is 0 Å². The maximum Gasteiger partial charge on any atom is 0.0977 e. The molecule has 1 fully saturated rings. The summed E-state index contributed by atoms with van der Waals surface area (Å²) in [4.78, 5) is 1.12. The molecule has 0 radical (unpaired) electrons. The molecular weight excluding hydrogens is 218 g/mol. The fraction of sp³-hybridized carbons (Fsp3) is 0.692.